The molecule has 0 aliphatic heterocycles. The molecule has 0 saturated heterocycles. The fourth-order valence-corrected chi connectivity index (χ4v) is 3.32. The van der Waals surface area contributed by atoms with Crippen molar-refractivity contribution in [1.29, 1.82) is 0 Å². The molecular weight excluding hydrogens is 269 g/mol. The van der Waals surface area contributed by atoms with Gasteiger partial charge in [0, 0.05) is 6.54 Å². The summed E-state index contributed by atoms with van der Waals surface area (Å²) in [4.78, 5) is 0.0785. The molecule has 0 heterocycles. The molecule has 106 valence electrons. The lowest BCUT2D eigenvalue weighted by atomic mass is 10.2. The van der Waals surface area contributed by atoms with Crippen molar-refractivity contribution < 1.29 is 17.9 Å². The van der Waals surface area contributed by atoms with Gasteiger partial charge in [-0.3, -0.25) is 0 Å². The van der Waals surface area contributed by atoms with Crippen molar-refractivity contribution in [1.82, 2.24) is 4.72 Å². The van der Waals surface area contributed by atoms with Gasteiger partial charge in [0.15, 0.2) is 0 Å². The Bertz CT molecular complexity index is 555. The predicted octanol–water partition coefficient (Wildman–Crippen LogP) is 1.57. The van der Waals surface area contributed by atoms with Crippen molar-refractivity contribution in [3.05, 3.63) is 29.6 Å². The Kier molecular flexibility index (Phi) is 4.23. The molecule has 6 heteroatoms. The summed E-state index contributed by atoms with van der Waals surface area (Å²) in [5.74, 6) is -0.127. The minimum Gasteiger partial charge on any atom is -0.393 e. The van der Waals surface area contributed by atoms with Gasteiger partial charge < -0.3 is 5.11 Å². The van der Waals surface area contributed by atoms with E-state index < -0.39 is 21.9 Å². The number of nitrogens with one attached hydrogen (secondary N) is 1. The highest BCUT2D eigenvalue weighted by molar-refractivity contribution is 7.89. The van der Waals surface area contributed by atoms with Crippen molar-refractivity contribution in [3.63, 3.8) is 0 Å². The number of aliphatic hydroxyl groups excluding tert-OH is 1. The van der Waals surface area contributed by atoms with Crippen molar-refractivity contribution >= 4 is 10.0 Å². The third kappa shape index (κ3) is 3.75. The minimum absolute atomic E-state index is 0.0785. The van der Waals surface area contributed by atoms with Crippen molar-refractivity contribution in [2.24, 2.45) is 5.92 Å². The summed E-state index contributed by atoms with van der Waals surface area (Å²) in [7, 11) is -3.64. The SMILES string of the molecule is Cc1cc(F)ccc1S(=O)(=O)NCC[C@H](O)C1CC1. The number of rotatable bonds is 6. The first kappa shape index (κ1) is 14.4. The maximum Gasteiger partial charge on any atom is 0.240 e. The molecule has 1 fully saturated rings. The zero-order chi connectivity index (χ0) is 14.0. The largest absolute Gasteiger partial charge is 0.393 e. The molecule has 0 amide bonds. The summed E-state index contributed by atoms with van der Waals surface area (Å²) in [6.45, 7) is 1.74. The Morgan fingerprint density at radius 1 is 1.47 bits per heavy atom. The molecule has 0 aromatic heterocycles. The van der Waals surface area contributed by atoms with Crippen LogP contribution in [0.5, 0.6) is 0 Å². The van der Waals surface area contributed by atoms with Gasteiger partial charge in [-0.25, -0.2) is 17.5 Å². The molecule has 1 saturated carbocycles. The highest BCUT2D eigenvalue weighted by Gasteiger charge is 2.29. The Morgan fingerprint density at radius 2 is 2.16 bits per heavy atom. The summed E-state index contributed by atoms with van der Waals surface area (Å²) in [6, 6.07) is 3.57. The van der Waals surface area contributed by atoms with Crippen molar-refractivity contribution in [2.45, 2.75) is 37.2 Å². The van der Waals surface area contributed by atoms with E-state index in [2.05, 4.69) is 4.72 Å². The Hall–Kier alpha value is -0.980. The van der Waals surface area contributed by atoms with Crippen LogP contribution in [0.1, 0.15) is 24.8 Å². The smallest absolute Gasteiger partial charge is 0.240 e. The number of benzene rings is 1. The highest BCUT2D eigenvalue weighted by Crippen LogP contribution is 2.33. The van der Waals surface area contributed by atoms with Crippen LogP contribution >= 0.6 is 0 Å². The van der Waals surface area contributed by atoms with Gasteiger partial charge in [0.2, 0.25) is 10.0 Å². The molecule has 0 radical (unpaired) electrons. The third-order valence-electron chi connectivity index (χ3n) is 3.32. The second kappa shape index (κ2) is 5.56. The molecule has 1 aromatic carbocycles. The number of hydrogen-bond acceptors (Lipinski definition) is 3. The molecule has 0 spiro atoms. The van der Waals surface area contributed by atoms with E-state index in [9.17, 15) is 17.9 Å². The molecule has 1 aliphatic rings. The molecule has 1 atom stereocenters. The van der Waals surface area contributed by atoms with E-state index in [1.807, 2.05) is 0 Å². The van der Waals surface area contributed by atoms with Crippen LogP contribution in [0.15, 0.2) is 23.1 Å². The summed E-state index contributed by atoms with van der Waals surface area (Å²) in [5.41, 5.74) is 0.371. The summed E-state index contributed by atoms with van der Waals surface area (Å²) in [6.07, 6.45) is 2.01. The van der Waals surface area contributed by atoms with E-state index in [4.69, 9.17) is 0 Å². The van der Waals surface area contributed by atoms with Crippen LogP contribution in [0.2, 0.25) is 0 Å². The van der Waals surface area contributed by atoms with Crippen LogP contribution in [-0.4, -0.2) is 26.2 Å². The average molecular weight is 287 g/mol. The zero-order valence-corrected chi connectivity index (χ0v) is 11.6. The maximum absolute atomic E-state index is 12.9. The lowest BCUT2D eigenvalue weighted by molar-refractivity contribution is 0.143. The lowest BCUT2D eigenvalue weighted by Crippen LogP contribution is -2.28. The highest BCUT2D eigenvalue weighted by atomic mass is 32.2. The first-order chi connectivity index (χ1) is 8.90. The fourth-order valence-electron chi connectivity index (χ4n) is 2.05. The van der Waals surface area contributed by atoms with Gasteiger partial charge >= 0.3 is 0 Å². The van der Waals surface area contributed by atoms with Crippen LogP contribution in [-0.2, 0) is 10.0 Å². The van der Waals surface area contributed by atoms with Gasteiger partial charge in [-0.05, 0) is 55.9 Å². The molecular formula is C13H18FNO3S. The molecule has 4 nitrogen and oxygen atoms in total. The first-order valence-electron chi connectivity index (χ1n) is 6.34. The Morgan fingerprint density at radius 3 is 2.74 bits per heavy atom. The van der Waals surface area contributed by atoms with E-state index >= 15 is 0 Å². The van der Waals surface area contributed by atoms with Crippen LogP contribution in [0.3, 0.4) is 0 Å². The van der Waals surface area contributed by atoms with Gasteiger partial charge in [0.1, 0.15) is 5.82 Å². The predicted molar refractivity (Wildman–Crippen MR) is 69.7 cm³/mol. The Balaban J connectivity index is 1.97. The molecule has 2 N–H and O–H groups in total. The summed E-state index contributed by atoms with van der Waals surface area (Å²) >= 11 is 0. The minimum atomic E-state index is -3.64. The second-order valence-electron chi connectivity index (χ2n) is 5.00. The molecule has 0 unspecified atom stereocenters. The van der Waals surface area contributed by atoms with Gasteiger partial charge in [0.05, 0.1) is 11.0 Å². The van der Waals surface area contributed by atoms with E-state index in [-0.39, 0.29) is 11.4 Å². The standard InChI is InChI=1S/C13H18FNO3S/c1-9-8-11(14)4-5-13(9)19(17,18)15-7-6-12(16)10-2-3-10/h4-5,8,10,12,15-16H,2-3,6-7H2,1H3/t12-/m0/s1. The van der Waals surface area contributed by atoms with Gasteiger partial charge in [-0.1, -0.05) is 0 Å². The number of aliphatic hydroxyl groups is 1. The summed E-state index contributed by atoms with van der Waals surface area (Å²) < 4.78 is 39.4. The molecule has 2 rings (SSSR count). The third-order valence-corrected chi connectivity index (χ3v) is 4.95. The van der Waals surface area contributed by atoms with Crippen molar-refractivity contribution in [3.8, 4) is 0 Å². The van der Waals surface area contributed by atoms with Gasteiger partial charge in [0.25, 0.3) is 0 Å². The normalized spacial score (nSPS) is 17.4. The molecule has 1 aromatic rings. The van der Waals surface area contributed by atoms with E-state index in [0.717, 1.165) is 18.9 Å². The zero-order valence-electron chi connectivity index (χ0n) is 10.8. The first-order valence-corrected chi connectivity index (χ1v) is 7.82. The van der Waals surface area contributed by atoms with Gasteiger partial charge in [-0.15, -0.1) is 0 Å². The van der Waals surface area contributed by atoms with E-state index in [1.165, 1.54) is 12.1 Å². The van der Waals surface area contributed by atoms with Gasteiger partial charge in [-0.2, -0.15) is 0 Å². The van der Waals surface area contributed by atoms with Crippen LogP contribution in [0.4, 0.5) is 4.39 Å². The maximum atomic E-state index is 12.9. The monoisotopic (exact) mass is 287 g/mol. The summed E-state index contributed by atoms with van der Waals surface area (Å²) in [5, 5.41) is 9.66. The number of aryl methyl sites for hydroxylation is 1. The molecule has 1 aliphatic carbocycles. The number of hydrogen-bond donors (Lipinski definition) is 2. The van der Waals surface area contributed by atoms with E-state index in [0.29, 0.717) is 17.9 Å². The van der Waals surface area contributed by atoms with E-state index in [1.54, 1.807) is 6.92 Å². The second-order valence-corrected chi connectivity index (χ2v) is 6.74. The molecule has 0 bridgehead atoms. The van der Waals surface area contributed by atoms with Crippen LogP contribution in [0, 0.1) is 18.7 Å². The number of halogens is 1. The molecule has 19 heavy (non-hydrogen) atoms. The fraction of sp³-hybridized carbons (Fsp3) is 0.538. The van der Waals surface area contributed by atoms with Crippen LogP contribution < -0.4 is 4.72 Å². The quantitative estimate of drug-likeness (QED) is 0.834. The van der Waals surface area contributed by atoms with Crippen molar-refractivity contribution in [2.75, 3.05) is 6.54 Å². The average Bonchev–Trinajstić information content (AvgIpc) is 3.11. The Labute approximate surface area is 112 Å². The number of sulfonamides is 1. The topological polar surface area (TPSA) is 66.4 Å². The van der Waals surface area contributed by atoms with Crippen LogP contribution in [0.25, 0.3) is 0 Å². The lowest BCUT2D eigenvalue weighted by Gasteiger charge is -2.11.